The van der Waals surface area contributed by atoms with Crippen molar-refractivity contribution in [2.75, 3.05) is 40.3 Å². The molecule has 3 rings (SSSR count). The summed E-state index contributed by atoms with van der Waals surface area (Å²) < 4.78 is 29.0. The highest BCUT2D eigenvalue weighted by molar-refractivity contribution is 7.84. The molecule has 0 fully saturated rings. The highest BCUT2D eigenvalue weighted by Crippen LogP contribution is 2.35. The van der Waals surface area contributed by atoms with Crippen LogP contribution in [-0.4, -0.2) is 49.6 Å². The zero-order chi connectivity index (χ0) is 19.6. The van der Waals surface area contributed by atoms with Crippen LogP contribution in [0.15, 0.2) is 35.5 Å². The molecule has 7 nitrogen and oxygen atoms in total. The molecule has 1 atom stereocenters. The van der Waals surface area contributed by atoms with Crippen LogP contribution in [0.5, 0.6) is 17.2 Å². The summed E-state index contributed by atoms with van der Waals surface area (Å²) in [6, 6.07) is 9.25. The van der Waals surface area contributed by atoms with Gasteiger partial charge in [-0.2, -0.15) is 0 Å². The molecule has 0 aliphatic rings. The number of aromatic nitrogens is 2. The second-order valence-corrected chi connectivity index (χ2v) is 7.51. The lowest BCUT2D eigenvalue weighted by Crippen LogP contribution is -2.13. The molecule has 0 amide bonds. The number of rotatable bonds is 7. The summed E-state index contributed by atoms with van der Waals surface area (Å²) in [4.78, 5) is 9.54. The number of nitrogens with one attached hydrogen (secondary N) is 1. The molecule has 0 radical (unpaired) electrons. The quantitative estimate of drug-likeness (QED) is 0.669. The number of methoxy groups -OCH3 is 3. The van der Waals surface area contributed by atoms with Gasteiger partial charge < -0.3 is 24.1 Å². The van der Waals surface area contributed by atoms with E-state index in [1.54, 1.807) is 21.3 Å². The average molecular weight is 389 g/mol. The van der Waals surface area contributed by atoms with Gasteiger partial charge in [-0.1, -0.05) is 0 Å². The molecule has 0 saturated carbocycles. The van der Waals surface area contributed by atoms with Gasteiger partial charge in [-0.05, 0) is 23.8 Å². The molecule has 8 heteroatoms. The SMILES string of the molecule is COc1ccc2nc(S(=O)Cc3cc(OC)c(OC)cc3N(C)C)[nH]c2c1. The van der Waals surface area contributed by atoms with E-state index in [0.29, 0.717) is 22.4 Å². The van der Waals surface area contributed by atoms with E-state index in [4.69, 9.17) is 14.2 Å². The number of anilines is 1. The monoisotopic (exact) mass is 389 g/mol. The number of fused-ring (bicyclic) bond motifs is 1. The molecule has 0 aliphatic heterocycles. The van der Waals surface area contributed by atoms with Crippen molar-refractivity contribution in [3.05, 3.63) is 35.9 Å². The van der Waals surface area contributed by atoms with Crippen LogP contribution >= 0.6 is 0 Å². The van der Waals surface area contributed by atoms with Crippen molar-refractivity contribution >= 4 is 27.5 Å². The van der Waals surface area contributed by atoms with Gasteiger partial charge in [-0.15, -0.1) is 0 Å². The number of hydrogen-bond acceptors (Lipinski definition) is 6. The van der Waals surface area contributed by atoms with Crippen molar-refractivity contribution in [1.82, 2.24) is 9.97 Å². The Balaban J connectivity index is 1.95. The normalized spacial score (nSPS) is 12.0. The molecule has 1 N–H and O–H groups in total. The predicted octanol–water partition coefficient (Wildman–Crippen LogP) is 2.96. The van der Waals surface area contributed by atoms with Gasteiger partial charge in [0.25, 0.3) is 0 Å². The minimum absolute atomic E-state index is 0.296. The third kappa shape index (κ3) is 3.85. The summed E-state index contributed by atoms with van der Waals surface area (Å²) in [5.74, 6) is 2.25. The fourth-order valence-corrected chi connectivity index (χ4v) is 3.93. The molecule has 3 aromatic rings. The molecular formula is C19H23N3O4S. The molecule has 1 unspecified atom stereocenters. The Morgan fingerprint density at radius 2 is 1.74 bits per heavy atom. The van der Waals surface area contributed by atoms with Crippen LogP contribution in [-0.2, 0) is 16.6 Å². The standard InChI is InChI=1S/C19H23N3O4S/c1-22(2)16-10-18(26-5)17(25-4)8-12(16)11-27(23)19-20-14-7-6-13(24-3)9-15(14)21-19/h6-10H,11H2,1-5H3,(H,20,21). The van der Waals surface area contributed by atoms with Crippen LogP contribution in [0.25, 0.3) is 11.0 Å². The first kappa shape index (κ1) is 19.0. The van der Waals surface area contributed by atoms with Crippen molar-refractivity contribution in [2.24, 2.45) is 0 Å². The van der Waals surface area contributed by atoms with Crippen LogP contribution in [0.4, 0.5) is 5.69 Å². The van der Waals surface area contributed by atoms with Crippen LogP contribution < -0.4 is 19.1 Å². The minimum Gasteiger partial charge on any atom is -0.497 e. The van der Waals surface area contributed by atoms with Gasteiger partial charge in [0.2, 0.25) is 0 Å². The highest BCUT2D eigenvalue weighted by Gasteiger charge is 2.17. The first-order valence-electron chi connectivity index (χ1n) is 8.31. The van der Waals surface area contributed by atoms with E-state index in [-0.39, 0.29) is 0 Å². The molecular weight excluding hydrogens is 366 g/mol. The smallest absolute Gasteiger partial charge is 0.197 e. The summed E-state index contributed by atoms with van der Waals surface area (Å²) >= 11 is 0. The molecule has 1 aromatic heterocycles. The molecule has 0 spiro atoms. The van der Waals surface area contributed by atoms with Crippen molar-refractivity contribution in [2.45, 2.75) is 10.9 Å². The topological polar surface area (TPSA) is 76.7 Å². The summed E-state index contributed by atoms with van der Waals surface area (Å²) in [5.41, 5.74) is 3.34. The van der Waals surface area contributed by atoms with Crippen LogP contribution in [0.1, 0.15) is 5.56 Å². The van der Waals surface area contributed by atoms with Gasteiger partial charge in [0, 0.05) is 31.9 Å². The second-order valence-electron chi connectivity index (χ2n) is 6.15. The van der Waals surface area contributed by atoms with Crippen LogP contribution in [0.3, 0.4) is 0 Å². The van der Waals surface area contributed by atoms with E-state index in [1.165, 1.54) is 0 Å². The Labute approximate surface area is 160 Å². The van der Waals surface area contributed by atoms with Gasteiger partial charge in [0.1, 0.15) is 5.75 Å². The molecule has 2 aromatic carbocycles. The first-order valence-corrected chi connectivity index (χ1v) is 9.63. The maximum Gasteiger partial charge on any atom is 0.197 e. The molecule has 0 aliphatic carbocycles. The van der Waals surface area contributed by atoms with Crippen molar-refractivity contribution < 1.29 is 18.4 Å². The number of H-pyrrole nitrogens is 1. The number of hydrogen-bond donors (Lipinski definition) is 1. The van der Waals surface area contributed by atoms with E-state index < -0.39 is 10.8 Å². The Morgan fingerprint density at radius 3 is 2.37 bits per heavy atom. The lowest BCUT2D eigenvalue weighted by molar-refractivity contribution is 0.354. The van der Waals surface area contributed by atoms with E-state index in [1.807, 2.05) is 49.3 Å². The maximum absolute atomic E-state index is 13.0. The van der Waals surface area contributed by atoms with E-state index in [9.17, 15) is 4.21 Å². The lowest BCUT2D eigenvalue weighted by atomic mass is 10.1. The fraction of sp³-hybridized carbons (Fsp3) is 0.316. The van der Waals surface area contributed by atoms with E-state index in [2.05, 4.69) is 9.97 Å². The van der Waals surface area contributed by atoms with Gasteiger partial charge >= 0.3 is 0 Å². The van der Waals surface area contributed by atoms with E-state index in [0.717, 1.165) is 28.0 Å². The zero-order valence-electron chi connectivity index (χ0n) is 16.0. The summed E-state index contributed by atoms with van der Waals surface area (Å²) in [6.45, 7) is 0. The minimum atomic E-state index is -1.35. The molecule has 0 saturated heterocycles. The molecule has 27 heavy (non-hydrogen) atoms. The van der Waals surface area contributed by atoms with Crippen LogP contribution in [0.2, 0.25) is 0 Å². The Hall–Kier alpha value is -2.74. The van der Waals surface area contributed by atoms with Gasteiger partial charge in [0.05, 0.1) is 48.9 Å². The number of aromatic amines is 1. The summed E-state index contributed by atoms with van der Waals surface area (Å²) in [6.07, 6.45) is 0. The van der Waals surface area contributed by atoms with Crippen molar-refractivity contribution in [3.8, 4) is 17.2 Å². The molecule has 1 heterocycles. The zero-order valence-corrected chi connectivity index (χ0v) is 16.8. The number of benzene rings is 2. The predicted molar refractivity (Wildman–Crippen MR) is 107 cm³/mol. The summed E-state index contributed by atoms with van der Waals surface area (Å²) in [5, 5.41) is 0.428. The van der Waals surface area contributed by atoms with Gasteiger partial charge in [0.15, 0.2) is 16.7 Å². The van der Waals surface area contributed by atoms with Crippen molar-refractivity contribution in [1.29, 1.82) is 0 Å². The fourth-order valence-electron chi connectivity index (χ4n) is 2.85. The Morgan fingerprint density at radius 1 is 1.04 bits per heavy atom. The number of ether oxygens (including phenoxy) is 3. The van der Waals surface area contributed by atoms with Crippen molar-refractivity contribution in [3.63, 3.8) is 0 Å². The van der Waals surface area contributed by atoms with Crippen LogP contribution in [0, 0.1) is 0 Å². The highest BCUT2D eigenvalue weighted by atomic mass is 32.2. The number of imidazole rings is 1. The third-order valence-corrected chi connectivity index (χ3v) is 5.43. The van der Waals surface area contributed by atoms with Gasteiger partial charge in [-0.25, -0.2) is 4.98 Å². The lowest BCUT2D eigenvalue weighted by Gasteiger charge is -2.20. The third-order valence-electron chi connectivity index (χ3n) is 4.24. The van der Waals surface area contributed by atoms with E-state index >= 15 is 0 Å². The Kier molecular flexibility index (Phi) is 5.55. The average Bonchev–Trinajstić information content (AvgIpc) is 3.10. The maximum atomic E-state index is 13.0. The number of nitrogens with zero attached hydrogens (tertiary/aromatic N) is 2. The Bertz CT molecular complexity index is 984. The molecule has 0 bridgehead atoms. The largest absolute Gasteiger partial charge is 0.497 e. The van der Waals surface area contributed by atoms with Gasteiger partial charge in [-0.3, -0.25) is 4.21 Å². The second kappa shape index (κ2) is 7.87. The summed E-state index contributed by atoms with van der Waals surface area (Å²) in [7, 11) is 7.30. The first-order chi connectivity index (χ1) is 13.0. The molecule has 144 valence electrons.